The molecular formula is C13H22N2O4. The Morgan fingerprint density at radius 1 is 1.11 bits per heavy atom. The van der Waals surface area contributed by atoms with Gasteiger partial charge in [0.1, 0.15) is 0 Å². The highest BCUT2D eigenvalue weighted by Crippen LogP contribution is 2.17. The minimum Gasteiger partial charge on any atom is -0.481 e. The van der Waals surface area contributed by atoms with E-state index in [-0.39, 0.29) is 18.5 Å². The number of hydrogen-bond acceptors (Lipinski definition) is 3. The number of urea groups is 1. The van der Waals surface area contributed by atoms with Crippen LogP contribution >= 0.6 is 0 Å². The molecule has 0 aromatic carbocycles. The minimum atomic E-state index is -0.885. The number of carboxylic acids is 1. The number of morpholine rings is 1. The van der Waals surface area contributed by atoms with Crippen LogP contribution < -0.4 is 0 Å². The van der Waals surface area contributed by atoms with Crippen molar-refractivity contribution in [3.8, 4) is 0 Å². The van der Waals surface area contributed by atoms with Crippen LogP contribution in [-0.2, 0) is 9.53 Å². The van der Waals surface area contributed by atoms with Crippen LogP contribution in [-0.4, -0.2) is 65.8 Å². The summed E-state index contributed by atoms with van der Waals surface area (Å²) in [7, 11) is 0. The first-order valence-electron chi connectivity index (χ1n) is 7.03. The predicted octanol–water partition coefficient (Wildman–Crippen LogP) is 1.16. The molecule has 0 aromatic heterocycles. The molecule has 2 rings (SSSR count). The molecule has 0 saturated carbocycles. The van der Waals surface area contributed by atoms with E-state index in [1.807, 2.05) is 4.90 Å². The van der Waals surface area contributed by atoms with Crippen LogP contribution in [0.1, 0.15) is 32.1 Å². The minimum absolute atomic E-state index is 0.0172. The highest BCUT2D eigenvalue weighted by molar-refractivity contribution is 5.76. The molecule has 1 N–H and O–H groups in total. The number of nitrogens with zero attached hydrogens (tertiary/aromatic N) is 2. The number of carboxylic acid groups (broad SMARTS) is 1. The lowest BCUT2D eigenvalue weighted by molar-refractivity contribution is -0.139. The third kappa shape index (κ3) is 3.83. The molecule has 0 bridgehead atoms. The molecule has 2 amide bonds. The molecule has 6 heteroatoms. The second-order valence-electron chi connectivity index (χ2n) is 5.20. The normalized spacial score (nSPS) is 24.9. The molecule has 2 aliphatic heterocycles. The molecule has 2 aliphatic rings. The standard InChI is InChI=1S/C13H22N2O4/c16-12(17)9-11-10-19-8-7-15(11)13(18)14-5-3-1-2-4-6-14/h11H,1-10H2,(H,16,17). The summed E-state index contributed by atoms with van der Waals surface area (Å²) >= 11 is 0. The molecule has 1 atom stereocenters. The van der Waals surface area contributed by atoms with Crippen molar-refractivity contribution in [1.29, 1.82) is 0 Å². The zero-order chi connectivity index (χ0) is 13.7. The van der Waals surface area contributed by atoms with E-state index in [0.717, 1.165) is 25.9 Å². The van der Waals surface area contributed by atoms with Crippen molar-refractivity contribution in [1.82, 2.24) is 9.80 Å². The molecule has 1 unspecified atom stereocenters. The fraction of sp³-hybridized carbons (Fsp3) is 0.846. The number of aliphatic carboxylic acids is 1. The third-order valence-electron chi connectivity index (χ3n) is 3.76. The first kappa shape index (κ1) is 14.1. The largest absolute Gasteiger partial charge is 0.481 e. The van der Waals surface area contributed by atoms with Gasteiger partial charge in [0.05, 0.1) is 25.7 Å². The van der Waals surface area contributed by atoms with Gasteiger partial charge in [0.15, 0.2) is 0 Å². The van der Waals surface area contributed by atoms with Crippen LogP contribution in [0, 0.1) is 0 Å². The summed E-state index contributed by atoms with van der Waals surface area (Å²) in [6.07, 6.45) is 4.38. The summed E-state index contributed by atoms with van der Waals surface area (Å²) in [5.74, 6) is -0.885. The van der Waals surface area contributed by atoms with Gasteiger partial charge in [-0.05, 0) is 12.8 Å². The first-order valence-corrected chi connectivity index (χ1v) is 7.03. The van der Waals surface area contributed by atoms with Gasteiger partial charge in [-0.3, -0.25) is 4.79 Å². The van der Waals surface area contributed by atoms with Gasteiger partial charge in [-0.15, -0.1) is 0 Å². The van der Waals surface area contributed by atoms with Gasteiger partial charge in [0.25, 0.3) is 0 Å². The van der Waals surface area contributed by atoms with Crippen LogP contribution in [0.4, 0.5) is 4.79 Å². The van der Waals surface area contributed by atoms with Gasteiger partial charge in [-0.25, -0.2) is 4.79 Å². The summed E-state index contributed by atoms with van der Waals surface area (Å²) in [4.78, 5) is 26.9. The number of amides is 2. The fourth-order valence-corrected chi connectivity index (χ4v) is 2.72. The maximum absolute atomic E-state index is 12.5. The molecule has 108 valence electrons. The predicted molar refractivity (Wildman–Crippen MR) is 69.0 cm³/mol. The molecular weight excluding hydrogens is 248 g/mol. The van der Waals surface area contributed by atoms with Gasteiger partial charge in [-0.2, -0.15) is 0 Å². The summed E-state index contributed by atoms with van der Waals surface area (Å²) in [5.41, 5.74) is 0. The molecule has 2 heterocycles. The van der Waals surface area contributed by atoms with E-state index in [1.54, 1.807) is 4.90 Å². The van der Waals surface area contributed by atoms with Crippen molar-refractivity contribution in [2.24, 2.45) is 0 Å². The molecule has 0 aromatic rings. The van der Waals surface area contributed by atoms with Crippen molar-refractivity contribution in [2.75, 3.05) is 32.8 Å². The maximum atomic E-state index is 12.5. The van der Waals surface area contributed by atoms with E-state index in [9.17, 15) is 9.59 Å². The van der Waals surface area contributed by atoms with Crippen LogP contribution in [0.15, 0.2) is 0 Å². The lowest BCUT2D eigenvalue weighted by atomic mass is 10.1. The summed E-state index contributed by atoms with van der Waals surface area (Å²) in [5, 5.41) is 8.91. The van der Waals surface area contributed by atoms with Crippen molar-refractivity contribution >= 4 is 12.0 Å². The topological polar surface area (TPSA) is 70.1 Å². The Hall–Kier alpha value is -1.30. The number of carbonyl (C=O) groups excluding carboxylic acids is 1. The average Bonchev–Trinajstić information content (AvgIpc) is 2.67. The van der Waals surface area contributed by atoms with Crippen molar-refractivity contribution in [2.45, 2.75) is 38.1 Å². The van der Waals surface area contributed by atoms with Crippen LogP contribution in [0.2, 0.25) is 0 Å². The quantitative estimate of drug-likeness (QED) is 0.817. The zero-order valence-corrected chi connectivity index (χ0v) is 11.2. The molecule has 2 saturated heterocycles. The summed E-state index contributed by atoms with van der Waals surface area (Å²) in [6, 6.07) is -0.349. The van der Waals surface area contributed by atoms with Gasteiger partial charge in [0, 0.05) is 19.6 Å². The number of likely N-dealkylation sites (tertiary alicyclic amines) is 1. The van der Waals surface area contributed by atoms with E-state index in [4.69, 9.17) is 9.84 Å². The first-order chi connectivity index (χ1) is 9.18. The summed E-state index contributed by atoms with van der Waals surface area (Å²) < 4.78 is 5.30. The van der Waals surface area contributed by atoms with E-state index < -0.39 is 5.97 Å². The highest BCUT2D eigenvalue weighted by Gasteiger charge is 2.32. The Kier molecular flexibility index (Phi) is 5.01. The Morgan fingerprint density at radius 2 is 1.79 bits per heavy atom. The van der Waals surface area contributed by atoms with E-state index >= 15 is 0 Å². The van der Waals surface area contributed by atoms with Crippen molar-refractivity contribution in [3.63, 3.8) is 0 Å². The molecule has 19 heavy (non-hydrogen) atoms. The maximum Gasteiger partial charge on any atom is 0.320 e. The number of rotatable bonds is 2. The third-order valence-corrected chi connectivity index (χ3v) is 3.76. The lowest BCUT2D eigenvalue weighted by Crippen LogP contribution is -2.54. The van der Waals surface area contributed by atoms with Crippen LogP contribution in [0.5, 0.6) is 0 Å². The molecule has 0 radical (unpaired) electrons. The molecule has 2 fully saturated rings. The van der Waals surface area contributed by atoms with Gasteiger partial charge < -0.3 is 19.6 Å². The summed E-state index contributed by atoms with van der Waals surface area (Å²) in [6.45, 7) is 2.89. The second-order valence-corrected chi connectivity index (χ2v) is 5.20. The van der Waals surface area contributed by atoms with Crippen LogP contribution in [0.3, 0.4) is 0 Å². The monoisotopic (exact) mass is 270 g/mol. The fourth-order valence-electron chi connectivity index (χ4n) is 2.72. The molecule has 6 nitrogen and oxygen atoms in total. The lowest BCUT2D eigenvalue weighted by Gasteiger charge is -2.38. The van der Waals surface area contributed by atoms with Gasteiger partial charge in [0.2, 0.25) is 0 Å². The Labute approximate surface area is 113 Å². The van der Waals surface area contributed by atoms with Gasteiger partial charge >= 0.3 is 12.0 Å². The number of hydrogen-bond donors (Lipinski definition) is 1. The number of carbonyl (C=O) groups is 2. The van der Waals surface area contributed by atoms with E-state index in [1.165, 1.54) is 12.8 Å². The van der Waals surface area contributed by atoms with Gasteiger partial charge in [-0.1, -0.05) is 12.8 Å². The average molecular weight is 270 g/mol. The van der Waals surface area contributed by atoms with E-state index in [2.05, 4.69) is 0 Å². The Morgan fingerprint density at radius 3 is 2.42 bits per heavy atom. The zero-order valence-electron chi connectivity index (χ0n) is 11.2. The van der Waals surface area contributed by atoms with Crippen molar-refractivity contribution in [3.05, 3.63) is 0 Å². The van der Waals surface area contributed by atoms with Crippen LogP contribution in [0.25, 0.3) is 0 Å². The molecule has 0 spiro atoms. The number of ether oxygens (including phenoxy) is 1. The second kappa shape index (κ2) is 6.75. The van der Waals surface area contributed by atoms with Crippen molar-refractivity contribution < 1.29 is 19.4 Å². The highest BCUT2D eigenvalue weighted by atomic mass is 16.5. The Balaban J connectivity index is 1.99. The SMILES string of the molecule is O=C(O)CC1COCCN1C(=O)N1CCCCCC1. The Bertz CT molecular complexity index is 327. The smallest absolute Gasteiger partial charge is 0.320 e. The molecule has 0 aliphatic carbocycles. The van der Waals surface area contributed by atoms with E-state index in [0.29, 0.717) is 19.8 Å².